The van der Waals surface area contributed by atoms with Gasteiger partial charge < -0.3 is 9.88 Å². The molecule has 4 heterocycles. The van der Waals surface area contributed by atoms with Gasteiger partial charge in [0.1, 0.15) is 17.8 Å². The molecule has 8 nitrogen and oxygen atoms in total. The molecule has 0 bridgehead atoms. The van der Waals surface area contributed by atoms with Gasteiger partial charge in [-0.25, -0.2) is 15.0 Å². The molecule has 2 saturated carbocycles. The number of hydrogen-bond donors (Lipinski definition) is 2. The molecule has 0 radical (unpaired) electrons. The number of aromatic amines is 1. The van der Waals surface area contributed by atoms with Crippen molar-refractivity contribution in [2.24, 2.45) is 17.3 Å². The molecular formula is C25H36N8. The molecular weight excluding hydrogens is 412 g/mol. The lowest BCUT2D eigenvalue weighted by atomic mass is 9.81. The van der Waals surface area contributed by atoms with Gasteiger partial charge >= 0.3 is 0 Å². The second kappa shape index (κ2) is 8.72. The van der Waals surface area contributed by atoms with Crippen molar-refractivity contribution in [1.29, 1.82) is 0 Å². The summed E-state index contributed by atoms with van der Waals surface area (Å²) < 4.78 is 2.15. The van der Waals surface area contributed by atoms with Crippen LogP contribution in [0.15, 0.2) is 37.1 Å². The Morgan fingerprint density at radius 3 is 2.85 bits per heavy atom. The third-order valence-corrected chi connectivity index (χ3v) is 8.50. The van der Waals surface area contributed by atoms with Gasteiger partial charge in [0, 0.05) is 63.3 Å². The van der Waals surface area contributed by atoms with Crippen LogP contribution >= 0.6 is 0 Å². The summed E-state index contributed by atoms with van der Waals surface area (Å²) in [7, 11) is 2.19. The van der Waals surface area contributed by atoms with E-state index in [1.807, 2.05) is 18.5 Å². The topological polar surface area (TPSA) is 77.9 Å². The van der Waals surface area contributed by atoms with Crippen LogP contribution in [0.4, 0.5) is 5.82 Å². The molecule has 33 heavy (non-hydrogen) atoms. The van der Waals surface area contributed by atoms with Gasteiger partial charge in [0.2, 0.25) is 0 Å². The van der Waals surface area contributed by atoms with E-state index in [0.29, 0.717) is 11.5 Å². The summed E-state index contributed by atoms with van der Waals surface area (Å²) in [4.78, 5) is 14.5. The van der Waals surface area contributed by atoms with Crippen LogP contribution in [0.1, 0.15) is 44.9 Å². The number of hydrogen-bond acceptors (Lipinski definition) is 6. The molecule has 1 atom stereocenters. The van der Waals surface area contributed by atoms with E-state index in [-0.39, 0.29) is 0 Å². The standard InChI is InChI=1S/C25H36N8/c1-31(24-22-9-12-26-23(22)27-18-28-24)21-7-3-19(4-8-21)15-30-33-14-10-25(17-33,20-5-6-20)16-32-13-2-11-29-32/h2,9,11-13,18-21,30H,3-8,10,14-17H2,1H3,(H,26,27,28)/t19?,21?,25-/m1/s1. The first-order valence-electron chi connectivity index (χ1n) is 12.7. The van der Waals surface area contributed by atoms with Crippen LogP contribution in [-0.2, 0) is 6.54 Å². The van der Waals surface area contributed by atoms with Gasteiger partial charge in [-0.05, 0) is 68.9 Å². The van der Waals surface area contributed by atoms with E-state index >= 15 is 0 Å². The summed E-state index contributed by atoms with van der Waals surface area (Å²) in [6.07, 6.45) is 16.7. The van der Waals surface area contributed by atoms with Crippen molar-refractivity contribution >= 4 is 16.9 Å². The third kappa shape index (κ3) is 4.26. The van der Waals surface area contributed by atoms with Crippen molar-refractivity contribution in [3.05, 3.63) is 37.1 Å². The summed E-state index contributed by atoms with van der Waals surface area (Å²) in [5, 5.41) is 8.14. The predicted octanol–water partition coefficient (Wildman–Crippen LogP) is 3.46. The monoisotopic (exact) mass is 448 g/mol. The smallest absolute Gasteiger partial charge is 0.142 e. The Bertz CT molecular complexity index is 1050. The fourth-order valence-electron chi connectivity index (χ4n) is 6.34. The highest BCUT2D eigenvalue weighted by atomic mass is 15.5. The zero-order valence-corrected chi connectivity index (χ0v) is 19.7. The van der Waals surface area contributed by atoms with Crippen LogP contribution in [0.5, 0.6) is 0 Å². The fraction of sp³-hybridized carbons (Fsp3) is 0.640. The van der Waals surface area contributed by atoms with Crippen LogP contribution in [0.25, 0.3) is 11.0 Å². The van der Waals surface area contributed by atoms with E-state index in [0.717, 1.165) is 54.9 Å². The Kier molecular flexibility index (Phi) is 5.58. The third-order valence-electron chi connectivity index (χ3n) is 8.50. The summed E-state index contributed by atoms with van der Waals surface area (Å²) in [6, 6.07) is 4.68. The number of aromatic nitrogens is 5. The van der Waals surface area contributed by atoms with Crippen molar-refractivity contribution in [2.45, 2.75) is 57.5 Å². The Morgan fingerprint density at radius 1 is 1.18 bits per heavy atom. The van der Waals surface area contributed by atoms with Crippen molar-refractivity contribution in [1.82, 2.24) is 35.2 Å². The fourth-order valence-corrected chi connectivity index (χ4v) is 6.34. The van der Waals surface area contributed by atoms with Crippen LogP contribution in [0, 0.1) is 17.3 Å². The molecule has 3 aromatic rings. The first-order chi connectivity index (χ1) is 16.2. The number of H-pyrrole nitrogens is 1. The summed E-state index contributed by atoms with van der Waals surface area (Å²) >= 11 is 0. The van der Waals surface area contributed by atoms with Crippen molar-refractivity contribution in [3.63, 3.8) is 0 Å². The van der Waals surface area contributed by atoms with E-state index in [4.69, 9.17) is 0 Å². The number of nitrogens with one attached hydrogen (secondary N) is 2. The maximum absolute atomic E-state index is 4.59. The molecule has 1 aliphatic heterocycles. The number of nitrogens with zero attached hydrogens (tertiary/aromatic N) is 6. The lowest BCUT2D eigenvalue weighted by Gasteiger charge is -2.36. The van der Waals surface area contributed by atoms with E-state index in [1.54, 1.807) is 6.33 Å². The van der Waals surface area contributed by atoms with Gasteiger partial charge in [-0.1, -0.05) is 0 Å². The average molecular weight is 449 g/mol. The molecule has 2 N–H and O–H groups in total. The Morgan fingerprint density at radius 2 is 2.06 bits per heavy atom. The molecule has 0 spiro atoms. The molecule has 1 saturated heterocycles. The molecule has 3 aliphatic rings. The highest BCUT2D eigenvalue weighted by Crippen LogP contribution is 2.51. The van der Waals surface area contributed by atoms with Gasteiger partial charge in [-0.2, -0.15) is 5.10 Å². The lowest BCUT2D eigenvalue weighted by molar-refractivity contribution is 0.142. The Hall–Kier alpha value is -2.45. The normalized spacial score (nSPS) is 28.5. The lowest BCUT2D eigenvalue weighted by Crippen LogP contribution is -2.43. The first kappa shape index (κ1) is 21.1. The summed E-state index contributed by atoms with van der Waals surface area (Å²) in [5.74, 6) is 2.69. The van der Waals surface area contributed by atoms with Crippen LogP contribution in [-0.4, -0.2) is 62.5 Å². The average Bonchev–Trinajstić information content (AvgIpc) is 3.23. The molecule has 8 heteroatoms. The molecule has 2 aliphatic carbocycles. The second-order valence-corrected chi connectivity index (χ2v) is 10.6. The SMILES string of the molecule is CN(c1ncnc2[nH]ccc12)C1CCC(CNN2CC[C@](Cn3cccn3)(C3CC3)C2)CC1. The maximum atomic E-state index is 4.59. The number of fused-ring (bicyclic) bond motifs is 1. The first-order valence-corrected chi connectivity index (χ1v) is 12.7. The summed E-state index contributed by atoms with van der Waals surface area (Å²) in [5.41, 5.74) is 5.15. The van der Waals surface area contributed by atoms with Crippen LogP contribution < -0.4 is 10.3 Å². The summed E-state index contributed by atoms with van der Waals surface area (Å²) in [6.45, 7) is 4.50. The highest BCUT2D eigenvalue weighted by Gasteiger charge is 2.49. The van der Waals surface area contributed by atoms with Crippen LogP contribution in [0.2, 0.25) is 0 Å². The molecule has 0 amide bonds. The minimum Gasteiger partial charge on any atom is -0.356 e. The highest BCUT2D eigenvalue weighted by molar-refractivity contribution is 5.87. The van der Waals surface area contributed by atoms with E-state index in [9.17, 15) is 0 Å². The van der Waals surface area contributed by atoms with Crippen molar-refractivity contribution in [2.75, 3.05) is 31.6 Å². The molecule has 3 fully saturated rings. The molecule has 176 valence electrons. The second-order valence-electron chi connectivity index (χ2n) is 10.6. The van der Waals surface area contributed by atoms with Gasteiger partial charge in [0.05, 0.1) is 5.39 Å². The van der Waals surface area contributed by atoms with Crippen LogP contribution in [0.3, 0.4) is 0 Å². The van der Waals surface area contributed by atoms with E-state index in [2.05, 4.69) is 59.4 Å². The molecule has 0 aromatic carbocycles. The molecule has 6 rings (SSSR count). The van der Waals surface area contributed by atoms with Gasteiger partial charge in [-0.15, -0.1) is 0 Å². The minimum absolute atomic E-state index is 0.403. The molecule has 3 aromatic heterocycles. The predicted molar refractivity (Wildman–Crippen MR) is 130 cm³/mol. The van der Waals surface area contributed by atoms with Gasteiger partial charge in [-0.3, -0.25) is 10.1 Å². The van der Waals surface area contributed by atoms with E-state index < -0.39 is 0 Å². The van der Waals surface area contributed by atoms with Gasteiger partial charge in [0.15, 0.2) is 0 Å². The Balaban J connectivity index is 1.00. The largest absolute Gasteiger partial charge is 0.356 e. The molecule has 0 unspecified atom stereocenters. The quantitative estimate of drug-likeness (QED) is 0.550. The van der Waals surface area contributed by atoms with Crippen molar-refractivity contribution in [3.8, 4) is 0 Å². The van der Waals surface area contributed by atoms with Crippen molar-refractivity contribution < 1.29 is 0 Å². The van der Waals surface area contributed by atoms with E-state index in [1.165, 1.54) is 44.9 Å². The number of anilines is 1. The zero-order chi connectivity index (χ0) is 22.3. The number of rotatable bonds is 8. The number of hydrazine groups is 1. The van der Waals surface area contributed by atoms with Gasteiger partial charge in [0.25, 0.3) is 0 Å². The zero-order valence-electron chi connectivity index (χ0n) is 19.7. The maximum Gasteiger partial charge on any atom is 0.142 e. The Labute approximate surface area is 195 Å². The minimum atomic E-state index is 0.403.